The molecule has 1 N–H and O–H groups in total. The minimum absolute atomic E-state index is 0.102. The lowest BCUT2D eigenvalue weighted by Crippen LogP contribution is -2.23. The highest BCUT2D eigenvalue weighted by Gasteiger charge is 2.14. The summed E-state index contributed by atoms with van der Waals surface area (Å²) >= 11 is 0. The van der Waals surface area contributed by atoms with Gasteiger partial charge >= 0.3 is 0 Å². The monoisotopic (exact) mass is 335 g/mol. The molecule has 1 aromatic carbocycles. The number of aromatic nitrogens is 2. The largest absolute Gasteiger partial charge is 0.494 e. The third-order valence-electron chi connectivity index (χ3n) is 3.18. The van der Waals surface area contributed by atoms with Gasteiger partial charge in [-0.25, -0.2) is 13.1 Å². The molecule has 1 heterocycles. The summed E-state index contributed by atoms with van der Waals surface area (Å²) in [4.78, 5) is 8.40. The Kier molecular flexibility index (Phi) is 6.06. The van der Waals surface area contributed by atoms with Crippen LogP contribution in [0.25, 0.3) is 0 Å². The van der Waals surface area contributed by atoms with Crippen molar-refractivity contribution >= 4 is 10.0 Å². The first-order valence-corrected chi connectivity index (χ1v) is 8.99. The Morgan fingerprint density at radius 3 is 2.48 bits per heavy atom. The maximum atomic E-state index is 12.2. The van der Waals surface area contributed by atoms with Gasteiger partial charge in [-0.2, -0.15) is 0 Å². The first-order chi connectivity index (χ1) is 11.0. The lowest BCUT2D eigenvalue weighted by atomic mass is 10.3. The topological polar surface area (TPSA) is 81.2 Å². The maximum absolute atomic E-state index is 12.2. The molecule has 23 heavy (non-hydrogen) atoms. The molecule has 2 aromatic rings. The summed E-state index contributed by atoms with van der Waals surface area (Å²) in [6.45, 7) is 4.64. The molecular weight excluding hydrogens is 314 g/mol. The molecule has 0 bridgehead atoms. The Morgan fingerprint density at radius 1 is 1.13 bits per heavy atom. The predicted molar refractivity (Wildman–Crippen MR) is 87.6 cm³/mol. The summed E-state index contributed by atoms with van der Waals surface area (Å²) < 4.78 is 32.5. The summed E-state index contributed by atoms with van der Waals surface area (Å²) in [5.41, 5.74) is 1.36. The van der Waals surface area contributed by atoms with E-state index in [1.807, 2.05) is 6.92 Å². The smallest absolute Gasteiger partial charge is 0.240 e. The Bertz CT molecular complexity index is 713. The fraction of sp³-hybridized carbons (Fsp3) is 0.375. The van der Waals surface area contributed by atoms with Gasteiger partial charge in [-0.05, 0) is 37.6 Å². The molecule has 0 atom stereocenters. The van der Waals surface area contributed by atoms with Crippen LogP contribution < -0.4 is 9.46 Å². The lowest BCUT2D eigenvalue weighted by molar-refractivity contribution is 0.309. The van der Waals surface area contributed by atoms with E-state index in [-0.39, 0.29) is 11.4 Å². The third-order valence-corrected chi connectivity index (χ3v) is 4.60. The first-order valence-electron chi connectivity index (χ1n) is 7.51. The molecule has 0 radical (unpaired) electrons. The van der Waals surface area contributed by atoms with E-state index >= 15 is 0 Å². The summed E-state index contributed by atoms with van der Waals surface area (Å²) in [5.74, 6) is 0.668. The highest BCUT2D eigenvalue weighted by atomic mass is 32.2. The maximum Gasteiger partial charge on any atom is 0.240 e. The van der Waals surface area contributed by atoms with Crippen LogP contribution in [0.1, 0.15) is 31.2 Å². The Labute approximate surface area is 137 Å². The molecule has 0 amide bonds. The number of sulfonamides is 1. The van der Waals surface area contributed by atoms with Gasteiger partial charge in [-0.15, -0.1) is 0 Å². The Morgan fingerprint density at radius 2 is 1.87 bits per heavy atom. The zero-order valence-corrected chi connectivity index (χ0v) is 14.1. The Balaban J connectivity index is 1.97. The molecule has 6 nitrogen and oxygen atoms in total. The van der Waals surface area contributed by atoms with Crippen LogP contribution in [-0.4, -0.2) is 25.0 Å². The number of ether oxygens (including phenoxy) is 1. The number of nitrogens with one attached hydrogen (secondary N) is 1. The van der Waals surface area contributed by atoms with Crippen LogP contribution in [-0.2, 0) is 16.6 Å². The number of rotatable bonds is 8. The Hall–Kier alpha value is -1.99. The van der Waals surface area contributed by atoms with E-state index in [1.165, 1.54) is 12.1 Å². The van der Waals surface area contributed by atoms with Gasteiger partial charge in [0.15, 0.2) is 0 Å². The molecule has 0 saturated heterocycles. The average molecular weight is 335 g/mol. The zero-order valence-electron chi connectivity index (χ0n) is 13.3. The van der Waals surface area contributed by atoms with E-state index in [1.54, 1.807) is 24.5 Å². The average Bonchev–Trinajstić information content (AvgIpc) is 2.55. The quantitative estimate of drug-likeness (QED) is 0.749. The van der Waals surface area contributed by atoms with Gasteiger partial charge in [-0.3, -0.25) is 9.97 Å². The molecule has 7 heteroatoms. The van der Waals surface area contributed by atoms with Crippen LogP contribution in [0.2, 0.25) is 0 Å². The predicted octanol–water partition coefficient (Wildman–Crippen LogP) is 2.44. The summed E-state index contributed by atoms with van der Waals surface area (Å²) in [7, 11) is -3.58. The molecule has 124 valence electrons. The molecule has 1 aromatic heterocycles. The van der Waals surface area contributed by atoms with E-state index in [0.29, 0.717) is 18.1 Å². The first kappa shape index (κ1) is 17.4. The molecule has 2 rings (SSSR count). The van der Waals surface area contributed by atoms with Crippen LogP contribution in [0.4, 0.5) is 0 Å². The van der Waals surface area contributed by atoms with Gasteiger partial charge in [0.05, 0.1) is 35.6 Å². The van der Waals surface area contributed by atoms with Crippen molar-refractivity contribution in [3.8, 4) is 5.75 Å². The normalized spacial score (nSPS) is 11.4. The molecule has 0 saturated carbocycles. The van der Waals surface area contributed by atoms with Crippen molar-refractivity contribution in [1.82, 2.24) is 14.7 Å². The van der Waals surface area contributed by atoms with Crippen LogP contribution in [0.5, 0.6) is 5.75 Å². The van der Waals surface area contributed by atoms with Crippen molar-refractivity contribution in [2.45, 2.75) is 38.1 Å². The number of unbranched alkanes of at least 4 members (excludes halogenated alkanes) is 1. The molecule has 0 spiro atoms. The van der Waals surface area contributed by atoms with Crippen LogP contribution >= 0.6 is 0 Å². The van der Waals surface area contributed by atoms with E-state index in [4.69, 9.17) is 4.74 Å². The SMILES string of the molecule is CCCCOc1ccc(S(=O)(=O)NCc2cnc(C)cn2)cc1. The molecule has 0 aliphatic carbocycles. The minimum atomic E-state index is -3.58. The van der Waals surface area contributed by atoms with Crippen molar-refractivity contribution in [2.75, 3.05) is 6.61 Å². The second-order valence-electron chi connectivity index (χ2n) is 5.15. The third kappa shape index (κ3) is 5.30. The van der Waals surface area contributed by atoms with E-state index in [9.17, 15) is 8.42 Å². The number of hydrogen-bond donors (Lipinski definition) is 1. The highest BCUT2D eigenvalue weighted by Crippen LogP contribution is 2.16. The lowest BCUT2D eigenvalue weighted by Gasteiger charge is -2.08. The van der Waals surface area contributed by atoms with E-state index in [0.717, 1.165) is 18.5 Å². The molecule has 0 fully saturated rings. The molecular formula is C16H21N3O3S. The van der Waals surface area contributed by atoms with Gasteiger partial charge in [0.25, 0.3) is 0 Å². The number of nitrogens with zero attached hydrogens (tertiary/aromatic N) is 2. The van der Waals surface area contributed by atoms with Crippen LogP contribution in [0, 0.1) is 6.92 Å². The minimum Gasteiger partial charge on any atom is -0.494 e. The van der Waals surface area contributed by atoms with Gasteiger partial charge in [-0.1, -0.05) is 13.3 Å². The van der Waals surface area contributed by atoms with E-state index in [2.05, 4.69) is 21.6 Å². The van der Waals surface area contributed by atoms with Gasteiger partial charge in [0.1, 0.15) is 5.75 Å². The van der Waals surface area contributed by atoms with Crippen molar-refractivity contribution in [2.24, 2.45) is 0 Å². The van der Waals surface area contributed by atoms with Gasteiger partial charge in [0.2, 0.25) is 10.0 Å². The van der Waals surface area contributed by atoms with Gasteiger partial charge < -0.3 is 4.74 Å². The summed E-state index contributed by atoms with van der Waals surface area (Å²) in [6.07, 6.45) is 5.19. The fourth-order valence-electron chi connectivity index (χ4n) is 1.81. The zero-order chi connectivity index (χ0) is 16.7. The number of benzene rings is 1. The van der Waals surface area contributed by atoms with Crippen LogP contribution in [0.3, 0.4) is 0 Å². The van der Waals surface area contributed by atoms with Crippen molar-refractivity contribution in [3.05, 3.63) is 48.0 Å². The second-order valence-corrected chi connectivity index (χ2v) is 6.91. The molecule has 0 unspecified atom stereocenters. The van der Waals surface area contributed by atoms with Crippen molar-refractivity contribution in [3.63, 3.8) is 0 Å². The fourth-order valence-corrected chi connectivity index (χ4v) is 2.81. The van der Waals surface area contributed by atoms with Crippen molar-refractivity contribution in [1.29, 1.82) is 0 Å². The van der Waals surface area contributed by atoms with E-state index < -0.39 is 10.0 Å². The number of aryl methyl sites for hydroxylation is 1. The summed E-state index contributed by atoms with van der Waals surface area (Å²) in [6, 6.07) is 6.39. The molecule has 0 aliphatic heterocycles. The molecule has 0 aliphatic rings. The van der Waals surface area contributed by atoms with Crippen LogP contribution in [0.15, 0.2) is 41.6 Å². The number of hydrogen-bond acceptors (Lipinski definition) is 5. The van der Waals surface area contributed by atoms with Gasteiger partial charge in [0, 0.05) is 6.20 Å². The standard InChI is InChI=1S/C16H21N3O3S/c1-3-4-9-22-15-5-7-16(8-6-15)23(20,21)19-12-14-11-17-13(2)10-18-14/h5-8,10-11,19H,3-4,9,12H2,1-2H3. The highest BCUT2D eigenvalue weighted by molar-refractivity contribution is 7.89. The second kappa shape index (κ2) is 8.03. The summed E-state index contributed by atoms with van der Waals surface area (Å²) in [5, 5.41) is 0. The van der Waals surface area contributed by atoms with Crippen molar-refractivity contribution < 1.29 is 13.2 Å².